The van der Waals surface area contributed by atoms with E-state index < -0.39 is 17.5 Å². The molecular formula is C14H17ClN2O3. The average molecular weight is 297 g/mol. The van der Waals surface area contributed by atoms with E-state index in [0.29, 0.717) is 23.6 Å². The molecule has 2 amide bonds. The molecule has 1 aliphatic carbocycles. The molecule has 0 spiro atoms. The number of hydrogen-bond acceptors (Lipinski definition) is 2. The summed E-state index contributed by atoms with van der Waals surface area (Å²) in [6, 6.07) is 6.42. The molecule has 0 bridgehead atoms. The molecule has 1 fully saturated rings. The van der Waals surface area contributed by atoms with Crippen LogP contribution in [0, 0.1) is 0 Å². The number of benzene rings is 1. The molecule has 0 saturated heterocycles. The molecule has 1 saturated carbocycles. The minimum Gasteiger partial charge on any atom is -0.481 e. The summed E-state index contributed by atoms with van der Waals surface area (Å²) in [4.78, 5) is 23.0. The number of anilines is 1. The fourth-order valence-electron chi connectivity index (χ4n) is 2.66. The van der Waals surface area contributed by atoms with Gasteiger partial charge in [0.05, 0.1) is 12.0 Å². The topological polar surface area (TPSA) is 78.4 Å². The molecule has 0 heterocycles. The third-order valence-corrected chi connectivity index (χ3v) is 3.75. The summed E-state index contributed by atoms with van der Waals surface area (Å²) >= 11 is 5.85. The first kappa shape index (κ1) is 14.7. The Morgan fingerprint density at radius 3 is 2.60 bits per heavy atom. The summed E-state index contributed by atoms with van der Waals surface area (Å²) in [5.41, 5.74) is -0.0485. The van der Waals surface area contributed by atoms with Gasteiger partial charge in [0, 0.05) is 10.7 Å². The number of aliphatic carboxylic acids is 1. The number of carboxylic acid groups (broad SMARTS) is 1. The number of carbonyl (C=O) groups excluding carboxylic acids is 1. The zero-order valence-corrected chi connectivity index (χ0v) is 11.7. The Morgan fingerprint density at radius 1 is 1.30 bits per heavy atom. The molecule has 108 valence electrons. The van der Waals surface area contributed by atoms with Gasteiger partial charge in [-0.15, -0.1) is 0 Å². The third kappa shape index (κ3) is 3.87. The molecule has 20 heavy (non-hydrogen) atoms. The van der Waals surface area contributed by atoms with Gasteiger partial charge < -0.3 is 15.7 Å². The lowest BCUT2D eigenvalue weighted by Gasteiger charge is -2.28. The van der Waals surface area contributed by atoms with Gasteiger partial charge in [0.25, 0.3) is 0 Å². The van der Waals surface area contributed by atoms with Gasteiger partial charge in [-0.2, -0.15) is 0 Å². The smallest absolute Gasteiger partial charge is 0.319 e. The lowest BCUT2D eigenvalue weighted by Crippen LogP contribution is -2.49. The van der Waals surface area contributed by atoms with Gasteiger partial charge in [0.1, 0.15) is 0 Å². The van der Waals surface area contributed by atoms with Crippen LogP contribution in [-0.2, 0) is 4.79 Å². The molecular weight excluding hydrogens is 280 g/mol. The van der Waals surface area contributed by atoms with E-state index in [-0.39, 0.29) is 6.42 Å². The van der Waals surface area contributed by atoms with E-state index in [0.717, 1.165) is 12.8 Å². The van der Waals surface area contributed by atoms with Crippen molar-refractivity contribution < 1.29 is 14.7 Å². The molecule has 5 nitrogen and oxygen atoms in total. The van der Waals surface area contributed by atoms with Gasteiger partial charge >= 0.3 is 12.0 Å². The lowest BCUT2D eigenvalue weighted by atomic mass is 9.93. The van der Waals surface area contributed by atoms with E-state index in [9.17, 15) is 9.59 Å². The zero-order valence-electron chi connectivity index (χ0n) is 11.0. The molecule has 1 aliphatic rings. The summed E-state index contributed by atoms with van der Waals surface area (Å²) in [6.45, 7) is 0. The standard InChI is InChI=1S/C14H17ClN2O3/c15-10-4-3-5-11(8-10)16-13(20)17-14(9-12(18)19)6-1-2-7-14/h3-5,8H,1-2,6-7,9H2,(H,18,19)(H2,16,17,20). The van der Waals surface area contributed by atoms with Crippen molar-refractivity contribution in [2.75, 3.05) is 5.32 Å². The van der Waals surface area contributed by atoms with Gasteiger partial charge in [-0.3, -0.25) is 4.79 Å². The molecule has 6 heteroatoms. The Balaban J connectivity index is 2.00. The summed E-state index contributed by atoms with van der Waals surface area (Å²) in [5.74, 6) is -0.894. The van der Waals surface area contributed by atoms with Crippen LogP contribution in [0.4, 0.5) is 10.5 Å². The highest BCUT2D eigenvalue weighted by atomic mass is 35.5. The molecule has 1 aromatic carbocycles. The molecule has 2 rings (SSSR count). The van der Waals surface area contributed by atoms with E-state index in [1.165, 1.54) is 0 Å². The van der Waals surface area contributed by atoms with Crippen molar-refractivity contribution in [1.29, 1.82) is 0 Å². The Kier molecular flexibility index (Phi) is 4.49. The van der Waals surface area contributed by atoms with Gasteiger partial charge in [-0.05, 0) is 31.0 Å². The van der Waals surface area contributed by atoms with Crippen LogP contribution in [0.2, 0.25) is 5.02 Å². The predicted octanol–water partition coefficient (Wildman–Crippen LogP) is 3.25. The number of rotatable bonds is 4. The minimum absolute atomic E-state index is 0.0457. The number of carboxylic acids is 1. The van der Waals surface area contributed by atoms with Gasteiger partial charge in [-0.1, -0.05) is 30.5 Å². The van der Waals surface area contributed by atoms with Crippen LogP contribution in [-0.4, -0.2) is 22.6 Å². The van der Waals surface area contributed by atoms with Crippen molar-refractivity contribution in [2.24, 2.45) is 0 Å². The fraction of sp³-hybridized carbons (Fsp3) is 0.429. The first-order valence-corrected chi connectivity index (χ1v) is 6.93. The van der Waals surface area contributed by atoms with Crippen LogP contribution in [0.1, 0.15) is 32.1 Å². The summed E-state index contributed by atoms with van der Waals surface area (Å²) in [5, 5.41) is 15.0. The molecule has 0 aromatic heterocycles. The number of halogens is 1. The maximum absolute atomic E-state index is 12.0. The SMILES string of the molecule is O=C(O)CC1(NC(=O)Nc2cccc(Cl)c2)CCCC1. The van der Waals surface area contributed by atoms with Crippen LogP contribution >= 0.6 is 11.6 Å². The number of amides is 2. The van der Waals surface area contributed by atoms with E-state index in [2.05, 4.69) is 10.6 Å². The fourth-order valence-corrected chi connectivity index (χ4v) is 2.85. The highest BCUT2D eigenvalue weighted by Crippen LogP contribution is 2.32. The third-order valence-electron chi connectivity index (χ3n) is 3.51. The summed E-state index contributed by atoms with van der Waals surface area (Å²) < 4.78 is 0. The van der Waals surface area contributed by atoms with Crippen LogP contribution in [0.5, 0.6) is 0 Å². The largest absolute Gasteiger partial charge is 0.481 e. The number of hydrogen-bond donors (Lipinski definition) is 3. The van der Waals surface area contributed by atoms with Crippen molar-refractivity contribution in [2.45, 2.75) is 37.6 Å². The van der Waals surface area contributed by atoms with Crippen LogP contribution in [0.25, 0.3) is 0 Å². The minimum atomic E-state index is -0.894. The van der Waals surface area contributed by atoms with Gasteiger partial charge in [0.15, 0.2) is 0 Å². The van der Waals surface area contributed by atoms with E-state index in [1.54, 1.807) is 24.3 Å². The van der Waals surface area contributed by atoms with E-state index in [1.807, 2.05) is 0 Å². The van der Waals surface area contributed by atoms with Crippen LogP contribution in [0.3, 0.4) is 0 Å². The molecule has 0 unspecified atom stereocenters. The van der Waals surface area contributed by atoms with Crippen molar-refractivity contribution in [3.8, 4) is 0 Å². The van der Waals surface area contributed by atoms with Gasteiger partial charge in [-0.25, -0.2) is 4.79 Å². The van der Waals surface area contributed by atoms with Crippen LogP contribution in [0.15, 0.2) is 24.3 Å². The van der Waals surface area contributed by atoms with Crippen molar-refractivity contribution in [3.63, 3.8) is 0 Å². The van der Waals surface area contributed by atoms with Crippen molar-refractivity contribution in [1.82, 2.24) is 5.32 Å². The molecule has 0 atom stereocenters. The number of nitrogens with one attached hydrogen (secondary N) is 2. The monoisotopic (exact) mass is 296 g/mol. The van der Waals surface area contributed by atoms with E-state index >= 15 is 0 Å². The first-order valence-electron chi connectivity index (χ1n) is 6.56. The molecule has 0 aliphatic heterocycles. The Labute approximate surface area is 122 Å². The molecule has 1 aromatic rings. The Bertz CT molecular complexity index is 513. The highest BCUT2D eigenvalue weighted by molar-refractivity contribution is 6.30. The normalized spacial score (nSPS) is 16.6. The summed E-state index contributed by atoms with van der Waals surface area (Å²) in [7, 11) is 0. The predicted molar refractivity (Wildman–Crippen MR) is 77.1 cm³/mol. The second kappa shape index (κ2) is 6.13. The zero-order chi connectivity index (χ0) is 14.6. The maximum Gasteiger partial charge on any atom is 0.319 e. The van der Waals surface area contributed by atoms with E-state index in [4.69, 9.17) is 16.7 Å². The first-order chi connectivity index (χ1) is 9.49. The Morgan fingerprint density at radius 2 is 2.00 bits per heavy atom. The maximum atomic E-state index is 12.0. The highest BCUT2D eigenvalue weighted by Gasteiger charge is 2.37. The molecule has 0 radical (unpaired) electrons. The van der Waals surface area contributed by atoms with Gasteiger partial charge in [0.2, 0.25) is 0 Å². The Hall–Kier alpha value is -1.75. The number of urea groups is 1. The quantitative estimate of drug-likeness (QED) is 0.798. The van der Waals surface area contributed by atoms with Crippen molar-refractivity contribution in [3.05, 3.63) is 29.3 Å². The lowest BCUT2D eigenvalue weighted by molar-refractivity contribution is -0.138. The van der Waals surface area contributed by atoms with Crippen LogP contribution < -0.4 is 10.6 Å². The van der Waals surface area contributed by atoms with Crippen molar-refractivity contribution >= 4 is 29.3 Å². The average Bonchev–Trinajstić information content (AvgIpc) is 2.75. The second-order valence-electron chi connectivity index (χ2n) is 5.15. The number of carbonyl (C=O) groups is 2. The summed E-state index contributed by atoms with van der Waals surface area (Å²) in [6.07, 6.45) is 3.22. The second-order valence-corrected chi connectivity index (χ2v) is 5.58. The molecule has 3 N–H and O–H groups in total.